The fraction of sp³-hybridized carbons (Fsp3) is 0.0769. The average molecular weight is 242 g/mol. The van der Waals surface area contributed by atoms with Gasteiger partial charge in [-0.2, -0.15) is 0 Å². The Morgan fingerprint density at radius 3 is 2.88 bits per heavy atom. The van der Waals surface area contributed by atoms with Gasteiger partial charge >= 0.3 is 0 Å². The van der Waals surface area contributed by atoms with Crippen molar-refractivity contribution in [2.45, 2.75) is 6.92 Å². The normalized spacial score (nSPS) is 10.9. The number of H-pyrrole nitrogens is 1. The Kier molecular flexibility index (Phi) is 2.30. The Morgan fingerprint density at radius 1 is 1.24 bits per heavy atom. The molecule has 0 bridgehead atoms. The largest absolute Gasteiger partial charge is 0.322 e. The van der Waals surface area contributed by atoms with Gasteiger partial charge in [-0.25, -0.2) is 4.98 Å². The smallest absolute Gasteiger partial charge is 0.248 e. The first kappa shape index (κ1) is 10.2. The van der Waals surface area contributed by atoms with Crippen LogP contribution < -0.4 is 5.56 Å². The Bertz CT molecular complexity index is 742. The van der Waals surface area contributed by atoms with Crippen LogP contribution in [-0.2, 0) is 0 Å². The van der Waals surface area contributed by atoms with E-state index < -0.39 is 0 Å². The van der Waals surface area contributed by atoms with Crippen LogP contribution in [0.25, 0.3) is 21.5 Å². The van der Waals surface area contributed by atoms with E-state index in [1.807, 2.05) is 36.6 Å². The maximum atomic E-state index is 11.2. The lowest BCUT2D eigenvalue weighted by Crippen LogP contribution is -2.01. The first-order chi connectivity index (χ1) is 8.22. The summed E-state index contributed by atoms with van der Waals surface area (Å²) >= 11 is 1.63. The maximum absolute atomic E-state index is 11.2. The van der Waals surface area contributed by atoms with E-state index in [-0.39, 0.29) is 5.56 Å². The molecule has 84 valence electrons. The van der Waals surface area contributed by atoms with E-state index in [4.69, 9.17) is 0 Å². The molecule has 2 aromatic heterocycles. The predicted octanol–water partition coefficient (Wildman–Crippen LogP) is 2.96. The van der Waals surface area contributed by atoms with Gasteiger partial charge in [-0.05, 0) is 36.6 Å². The van der Waals surface area contributed by atoms with Crippen LogP contribution >= 0.6 is 11.3 Å². The van der Waals surface area contributed by atoms with Gasteiger partial charge in [0.25, 0.3) is 0 Å². The molecule has 3 rings (SSSR count). The minimum absolute atomic E-state index is 0.0738. The SMILES string of the molecule is Cc1csc(-c2ccc3[nH]c(=O)ccc3c2)n1. The topological polar surface area (TPSA) is 45.8 Å². The molecule has 3 nitrogen and oxygen atoms in total. The first-order valence-electron chi connectivity index (χ1n) is 5.28. The summed E-state index contributed by atoms with van der Waals surface area (Å²) in [6.45, 7) is 1.98. The fourth-order valence-corrected chi connectivity index (χ4v) is 2.57. The zero-order chi connectivity index (χ0) is 11.8. The summed E-state index contributed by atoms with van der Waals surface area (Å²) < 4.78 is 0. The second-order valence-electron chi connectivity index (χ2n) is 3.92. The standard InChI is InChI=1S/C13H10N2OS/c1-8-7-17-13(14-8)10-2-4-11-9(6-10)3-5-12(16)15-11/h2-7H,1H3,(H,15,16). The summed E-state index contributed by atoms with van der Waals surface area (Å²) in [5.74, 6) is 0. The van der Waals surface area contributed by atoms with Gasteiger partial charge in [-0.3, -0.25) is 4.79 Å². The Balaban J connectivity index is 2.20. The fourth-order valence-electron chi connectivity index (χ4n) is 1.77. The van der Waals surface area contributed by atoms with E-state index >= 15 is 0 Å². The number of aromatic nitrogens is 2. The lowest BCUT2D eigenvalue weighted by molar-refractivity contribution is 1.27. The van der Waals surface area contributed by atoms with E-state index in [2.05, 4.69) is 9.97 Å². The van der Waals surface area contributed by atoms with Crippen LogP contribution in [0, 0.1) is 6.92 Å². The number of aryl methyl sites for hydroxylation is 1. The third-order valence-electron chi connectivity index (χ3n) is 2.59. The molecular weight excluding hydrogens is 232 g/mol. The highest BCUT2D eigenvalue weighted by molar-refractivity contribution is 7.13. The van der Waals surface area contributed by atoms with E-state index in [0.29, 0.717) is 0 Å². The monoisotopic (exact) mass is 242 g/mol. The van der Waals surface area contributed by atoms with Crippen LogP contribution in [0.2, 0.25) is 0 Å². The van der Waals surface area contributed by atoms with Gasteiger partial charge in [0, 0.05) is 28.2 Å². The van der Waals surface area contributed by atoms with Crippen molar-refractivity contribution in [1.82, 2.24) is 9.97 Å². The van der Waals surface area contributed by atoms with Crippen molar-refractivity contribution in [2.24, 2.45) is 0 Å². The van der Waals surface area contributed by atoms with Crippen molar-refractivity contribution in [3.05, 3.63) is 51.8 Å². The molecular formula is C13H10N2OS. The number of nitrogens with zero attached hydrogens (tertiary/aromatic N) is 1. The number of thiazole rings is 1. The van der Waals surface area contributed by atoms with Gasteiger partial charge in [0.1, 0.15) is 5.01 Å². The van der Waals surface area contributed by atoms with E-state index in [1.54, 1.807) is 17.4 Å². The van der Waals surface area contributed by atoms with Gasteiger partial charge in [0.2, 0.25) is 5.56 Å². The number of hydrogen-bond donors (Lipinski definition) is 1. The molecule has 0 aliphatic carbocycles. The molecule has 3 aromatic rings. The minimum atomic E-state index is -0.0738. The number of aromatic amines is 1. The molecule has 0 atom stereocenters. The average Bonchev–Trinajstić information content (AvgIpc) is 2.75. The zero-order valence-corrected chi connectivity index (χ0v) is 10.0. The van der Waals surface area contributed by atoms with Crippen LogP contribution in [-0.4, -0.2) is 9.97 Å². The molecule has 0 aliphatic rings. The van der Waals surface area contributed by atoms with Gasteiger partial charge in [-0.1, -0.05) is 0 Å². The second-order valence-corrected chi connectivity index (χ2v) is 4.78. The molecule has 1 N–H and O–H groups in total. The Labute approximate surface area is 102 Å². The summed E-state index contributed by atoms with van der Waals surface area (Å²) in [5, 5.41) is 4.07. The number of nitrogens with one attached hydrogen (secondary N) is 1. The van der Waals surface area contributed by atoms with Gasteiger partial charge < -0.3 is 4.98 Å². The Hall–Kier alpha value is -1.94. The molecule has 17 heavy (non-hydrogen) atoms. The number of pyridine rings is 1. The quantitative estimate of drug-likeness (QED) is 0.713. The van der Waals surface area contributed by atoms with Gasteiger partial charge in [0.15, 0.2) is 0 Å². The molecule has 0 saturated carbocycles. The highest BCUT2D eigenvalue weighted by Gasteiger charge is 2.03. The summed E-state index contributed by atoms with van der Waals surface area (Å²) in [7, 11) is 0. The van der Waals surface area contributed by atoms with Crippen LogP contribution in [0.5, 0.6) is 0 Å². The minimum Gasteiger partial charge on any atom is -0.322 e. The molecule has 0 saturated heterocycles. The lowest BCUT2D eigenvalue weighted by Gasteiger charge is -2.00. The second kappa shape index (κ2) is 3.82. The molecule has 0 radical (unpaired) electrons. The third-order valence-corrected chi connectivity index (χ3v) is 3.60. The van der Waals surface area contributed by atoms with E-state index in [1.165, 1.54) is 0 Å². The van der Waals surface area contributed by atoms with Crippen LogP contribution in [0.3, 0.4) is 0 Å². The summed E-state index contributed by atoms with van der Waals surface area (Å²) in [4.78, 5) is 18.4. The highest BCUT2D eigenvalue weighted by atomic mass is 32.1. The molecule has 0 fully saturated rings. The summed E-state index contributed by atoms with van der Waals surface area (Å²) in [5.41, 5.74) is 2.90. The van der Waals surface area contributed by atoms with Gasteiger partial charge in [-0.15, -0.1) is 11.3 Å². The first-order valence-corrected chi connectivity index (χ1v) is 6.16. The molecule has 0 aliphatic heterocycles. The third kappa shape index (κ3) is 1.87. The number of hydrogen-bond acceptors (Lipinski definition) is 3. The maximum Gasteiger partial charge on any atom is 0.248 e. The van der Waals surface area contributed by atoms with Crippen molar-refractivity contribution < 1.29 is 0 Å². The number of benzene rings is 1. The van der Waals surface area contributed by atoms with Crippen molar-refractivity contribution in [1.29, 1.82) is 0 Å². The van der Waals surface area contributed by atoms with E-state index in [0.717, 1.165) is 27.2 Å². The van der Waals surface area contributed by atoms with Crippen molar-refractivity contribution in [3.63, 3.8) is 0 Å². The molecule has 2 heterocycles. The van der Waals surface area contributed by atoms with Crippen molar-refractivity contribution >= 4 is 22.2 Å². The molecule has 1 aromatic carbocycles. The van der Waals surface area contributed by atoms with Crippen LogP contribution in [0.15, 0.2) is 40.5 Å². The van der Waals surface area contributed by atoms with Crippen molar-refractivity contribution in [3.8, 4) is 10.6 Å². The van der Waals surface area contributed by atoms with Gasteiger partial charge in [0.05, 0.1) is 0 Å². The highest BCUT2D eigenvalue weighted by Crippen LogP contribution is 2.25. The van der Waals surface area contributed by atoms with Crippen LogP contribution in [0.1, 0.15) is 5.69 Å². The van der Waals surface area contributed by atoms with Crippen LogP contribution in [0.4, 0.5) is 0 Å². The molecule has 0 spiro atoms. The predicted molar refractivity (Wildman–Crippen MR) is 70.4 cm³/mol. The molecule has 4 heteroatoms. The van der Waals surface area contributed by atoms with E-state index in [9.17, 15) is 4.79 Å². The lowest BCUT2D eigenvalue weighted by atomic mass is 10.1. The molecule has 0 amide bonds. The summed E-state index contributed by atoms with van der Waals surface area (Å²) in [6, 6.07) is 9.32. The zero-order valence-electron chi connectivity index (χ0n) is 9.23. The van der Waals surface area contributed by atoms with Crippen molar-refractivity contribution in [2.75, 3.05) is 0 Å². The Morgan fingerprint density at radius 2 is 2.12 bits per heavy atom. The molecule has 0 unspecified atom stereocenters. The number of fused-ring (bicyclic) bond motifs is 1. The number of rotatable bonds is 1. The summed E-state index contributed by atoms with van der Waals surface area (Å²) in [6.07, 6.45) is 0.